The molecular formula is C15H26N4O2. The summed E-state index contributed by atoms with van der Waals surface area (Å²) in [6.45, 7) is 6.28. The summed E-state index contributed by atoms with van der Waals surface area (Å²) < 4.78 is 6.94. The van der Waals surface area contributed by atoms with Crippen LogP contribution in [0.2, 0.25) is 0 Å². The van der Waals surface area contributed by atoms with Crippen LogP contribution in [0.4, 0.5) is 0 Å². The van der Waals surface area contributed by atoms with Gasteiger partial charge in [-0.05, 0) is 0 Å². The van der Waals surface area contributed by atoms with Gasteiger partial charge in [0.05, 0.1) is 18.8 Å². The number of methoxy groups -OCH3 is 1. The number of hydrogen-bond acceptors (Lipinski definition) is 4. The molecule has 1 aromatic heterocycles. The minimum atomic E-state index is 0.0904. The quantitative estimate of drug-likeness (QED) is 0.813. The first-order valence-corrected chi connectivity index (χ1v) is 7.53. The summed E-state index contributed by atoms with van der Waals surface area (Å²) in [6.07, 6.45) is 4.46. The monoisotopic (exact) mass is 294 g/mol. The fourth-order valence-corrected chi connectivity index (χ4v) is 2.93. The Morgan fingerprint density at radius 2 is 2.29 bits per heavy atom. The van der Waals surface area contributed by atoms with Gasteiger partial charge >= 0.3 is 0 Å². The van der Waals surface area contributed by atoms with Gasteiger partial charge in [0.1, 0.15) is 0 Å². The lowest BCUT2D eigenvalue weighted by molar-refractivity contribution is -0.129. The normalized spacial score (nSPS) is 22.5. The minimum Gasteiger partial charge on any atom is -0.383 e. The Balaban J connectivity index is 2.17. The Kier molecular flexibility index (Phi) is 5.36. The maximum atomic E-state index is 12.3. The van der Waals surface area contributed by atoms with Crippen LogP contribution in [0, 0.1) is 5.92 Å². The van der Waals surface area contributed by atoms with E-state index in [1.165, 1.54) is 0 Å². The van der Waals surface area contributed by atoms with E-state index in [9.17, 15) is 4.79 Å². The lowest BCUT2D eigenvalue weighted by Gasteiger charge is -2.28. The van der Waals surface area contributed by atoms with Crippen molar-refractivity contribution in [3.05, 3.63) is 18.0 Å². The first-order chi connectivity index (χ1) is 10.0. The van der Waals surface area contributed by atoms with Gasteiger partial charge < -0.3 is 15.0 Å². The second-order valence-electron chi connectivity index (χ2n) is 6.00. The number of ether oxygens (including phenoxy) is 1. The van der Waals surface area contributed by atoms with Crippen LogP contribution in [0.15, 0.2) is 12.4 Å². The molecule has 0 spiro atoms. The Bertz CT molecular complexity index is 472. The molecule has 0 radical (unpaired) electrons. The standard InChI is InChI=1S/C15H26N4O2/c1-11(2)16-8-12-7-14(20)19(5-6-21-4)15(12)13-9-17-18(3)10-13/h9-12,15-16H,5-8H2,1-4H3/t12-,15+/m0/s1. The van der Waals surface area contributed by atoms with Crippen molar-refractivity contribution in [3.8, 4) is 0 Å². The van der Waals surface area contributed by atoms with Crippen molar-refractivity contribution >= 4 is 5.91 Å². The minimum absolute atomic E-state index is 0.0904. The number of likely N-dealkylation sites (tertiary alicyclic amines) is 1. The van der Waals surface area contributed by atoms with Crippen LogP contribution in [0.3, 0.4) is 0 Å². The lowest BCUT2D eigenvalue weighted by atomic mass is 9.95. The Hall–Kier alpha value is -1.40. The molecule has 1 aliphatic rings. The molecule has 6 nitrogen and oxygen atoms in total. The zero-order chi connectivity index (χ0) is 15.4. The molecule has 0 saturated carbocycles. The molecule has 2 rings (SSSR count). The first-order valence-electron chi connectivity index (χ1n) is 7.53. The molecule has 1 aromatic rings. The highest BCUT2D eigenvalue weighted by Gasteiger charge is 2.40. The van der Waals surface area contributed by atoms with E-state index in [-0.39, 0.29) is 17.9 Å². The van der Waals surface area contributed by atoms with E-state index in [0.29, 0.717) is 25.6 Å². The van der Waals surface area contributed by atoms with E-state index in [2.05, 4.69) is 24.3 Å². The number of aromatic nitrogens is 2. The van der Waals surface area contributed by atoms with Gasteiger partial charge in [0.15, 0.2) is 0 Å². The van der Waals surface area contributed by atoms with Crippen LogP contribution in [-0.4, -0.2) is 53.4 Å². The van der Waals surface area contributed by atoms with Gasteiger partial charge in [-0.15, -0.1) is 0 Å². The summed E-state index contributed by atoms with van der Waals surface area (Å²) in [5, 5.41) is 7.71. The summed E-state index contributed by atoms with van der Waals surface area (Å²) >= 11 is 0. The van der Waals surface area contributed by atoms with Crippen LogP contribution < -0.4 is 5.32 Å². The maximum Gasteiger partial charge on any atom is 0.223 e. The molecule has 2 atom stereocenters. The van der Waals surface area contributed by atoms with Gasteiger partial charge in [0, 0.05) is 57.4 Å². The van der Waals surface area contributed by atoms with Gasteiger partial charge in [0.2, 0.25) is 5.91 Å². The summed E-state index contributed by atoms with van der Waals surface area (Å²) in [5.74, 6) is 0.484. The highest BCUT2D eigenvalue weighted by molar-refractivity contribution is 5.79. The van der Waals surface area contributed by atoms with Gasteiger partial charge in [-0.2, -0.15) is 5.10 Å². The highest BCUT2D eigenvalue weighted by atomic mass is 16.5. The molecule has 1 fully saturated rings. The van der Waals surface area contributed by atoms with Crippen molar-refractivity contribution in [1.29, 1.82) is 0 Å². The number of hydrogen-bond donors (Lipinski definition) is 1. The summed E-state index contributed by atoms with van der Waals surface area (Å²) in [7, 11) is 3.57. The number of carbonyl (C=O) groups is 1. The lowest BCUT2D eigenvalue weighted by Crippen LogP contribution is -2.35. The number of amides is 1. The molecule has 0 aliphatic carbocycles. The smallest absolute Gasteiger partial charge is 0.223 e. The van der Waals surface area contributed by atoms with Crippen molar-refractivity contribution in [1.82, 2.24) is 20.0 Å². The molecule has 6 heteroatoms. The van der Waals surface area contributed by atoms with E-state index < -0.39 is 0 Å². The fourth-order valence-electron chi connectivity index (χ4n) is 2.93. The van der Waals surface area contributed by atoms with Crippen LogP contribution in [0.5, 0.6) is 0 Å². The molecule has 21 heavy (non-hydrogen) atoms. The molecule has 118 valence electrons. The third-order valence-corrected chi connectivity index (χ3v) is 3.93. The van der Waals surface area contributed by atoms with Crippen LogP contribution in [-0.2, 0) is 16.6 Å². The van der Waals surface area contributed by atoms with Gasteiger partial charge in [-0.1, -0.05) is 13.8 Å². The van der Waals surface area contributed by atoms with Gasteiger partial charge in [-0.3, -0.25) is 9.48 Å². The van der Waals surface area contributed by atoms with Crippen molar-refractivity contribution in [2.45, 2.75) is 32.4 Å². The zero-order valence-corrected chi connectivity index (χ0v) is 13.4. The molecule has 1 aliphatic heterocycles. The molecule has 1 amide bonds. The largest absolute Gasteiger partial charge is 0.383 e. The SMILES string of the molecule is COCCN1C(=O)C[C@@H](CNC(C)C)[C@@H]1c1cnn(C)c1. The molecule has 0 unspecified atom stereocenters. The summed E-state index contributed by atoms with van der Waals surface area (Å²) in [5.41, 5.74) is 1.11. The Morgan fingerprint density at radius 1 is 1.52 bits per heavy atom. The van der Waals surface area contributed by atoms with Gasteiger partial charge in [0.25, 0.3) is 0 Å². The molecule has 1 N–H and O–H groups in total. The Labute approximate surface area is 126 Å². The second kappa shape index (κ2) is 7.04. The summed E-state index contributed by atoms with van der Waals surface area (Å²) in [6, 6.07) is 0.510. The predicted molar refractivity (Wildman–Crippen MR) is 80.8 cm³/mol. The summed E-state index contributed by atoms with van der Waals surface area (Å²) in [4.78, 5) is 14.3. The van der Waals surface area contributed by atoms with E-state index in [4.69, 9.17) is 4.74 Å². The van der Waals surface area contributed by atoms with E-state index in [1.807, 2.05) is 24.3 Å². The molecule has 0 aromatic carbocycles. The average molecular weight is 294 g/mol. The number of nitrogens with one attached hydrogen (secondary N) is 1. The molecular weight excluding hydrogens is 268 g/mol. The third-order valence-electron chi connectivity index (χ3n) is 3.93. The molecule has 0 bridgehead atoms. The molecule has 2 heterocycles. The van der Waals surface area contributed by atoms with E-state index >= 15 is 0 Å². The number of aryl methyl sites for hydroxylation is 1. The maximum absolute atomic E-state index is 12.3. The Morgan fingerprint density at radius 3 is 2.86 bits per heavy atom. The van der Waals surface area contributed by atoms with Crippen molar-refractivity contribution in [3.63, 3.8) is 0 Å². The van der Waals surface area contributed by atoms with E-state index in [1.54, 1.807) is 11.8 Å². The van der Waals surface area contributed by atoms with Gasteiger partial charge in [-0.25, -0.2) is 0 Å². The first kappa shape index (κ1) is 16.0. The second-order valence-corrected chi connectivity index (χ2v) is 6.00. The average Bonchev–Trinajstić information content (AvgIpc) is 2.97. The van der Waals surface area contributed by atoms with Crippen molar-refractivity contribution < 1.29 is 9.53 Å². The van der Waals surface area contributed by atoms with Crippen LogP contribution >= 0.6 is 0 Å². The third kappa shape index (κ3) is 3.83. The molecule has 1 saturated heterocycles. The number of carbonyl (C=O) groups excluding carboxylic acids is 1. The number of rotatable bonds is 7. The van der Waals surface area contributed by atoms with Crippen molar-refractivity contribution in [2.24, 2.45) is 13.0 Å². The van der Waals surface area contributed by atoms with Crippen molar-refractivity contribution in [2.75, 3.05) is 26.8 Å². The van der Waals surface area contributed by atoms with E-state index in [0.717, 1.165) is 12.1 Å². The van der Waals surface area contributed by atoms with Crippen LogP contribution in [0.25, 0.3) is 0 Å². The highest BCUT2D eigenvalue weighted by Crippen LogP contribution is 2.37. The fraction of sp³-hybridized carbons (Fsp3) is 0.733. The topological polar surface area (TPSA) is 59.4 Å². The van der Waals surface area contributed by atoms with Crippen LogP contribution in [0.1, 0.15) is 31.9 Å². The number of nitrogens with zero attached hydrogens (tertiary/aromatic N) is 3. The predicted octanol–water partition coefficient (Wildman–Crippen LogP) is 0.954. The zero-order valence-electron chi connectivity index (χ0n) is 13.4.